The highest BCUT2D eigenvalue weighted by Gasteiger charge is 2.17. The lowest BCUT2D eigenvalue weighted by atomic mass is 10.3. The number of thiazole rings is 1. The van der Waals surface area contributed by atoms with Gasteiger partial charge in [0.1, 0.15) is 0 Å². The molecule has 6 heteroatoms. The van der Waals surface area contributed by atoms with E-state index in [-0.39, 0.29) is 6.61 Å². The topological polar surface area (TPSA) is 52.8 Å². The molecule has 2 N–H and O–H groups in total. The van der Waals surface area contributed by atoms with Gasteiger partial charge in [-0.2, -0.15) is 0 Å². The predicted octanol–water partition coefficient (Wildman–Crippen LogP) is 1.71. The van der Waals surface area contributed by atoms with E-state index >= 15 is 0 Å². The third-order valence-corrected chi connectivity index (χ3v) is 3.87. The fourth-order valence-corrected chi connectivity index (χ4v) is 2.88. The molecule has 2 rings (SSSR count). The quantitative estimate of drug-likeness (QED) is 0.724. The first-order valence-corrected chi connectivity index (χ1v) is 7.70. The van der Waals surface area contributed by atoms with E-state index in [9.17, 15) is 5.11 Å². The van der Waals surface area contributed by atoms with Gasteiger partial charge in [0.15, 0.2) is 10.8 Å². The molecule has 0 unspecified atom stereocenters. The number of aromatic nitrogens is 2. The van der Waals surface area contributed by atoms with Crippen LogP contribution in [0.15, 0.2) is 11.6 Å². The molecule has 0 fully saturated rings. The maximum Gasteiger partial charge on any atom is 0.195 e. The third-order valence-electron chi connectivity index (χ3n) is 3.11. The lowest BCUT2D eigenvalue weighted by molar-refractivity contribution is 0.302. The molecule has 0 radical (unpaired) electrons. The van der Waals surface area contributed by atoms with Crippen LogP contribution in [0.5, 0.6) is 0 Å². The Kier molecular flexibility index (Phi) is 5.18. The van der Waals surface area contributed by atoms with Crippen LogP contribution in [-0.2, 0) is 6.54 Å². The summed E-state index contributed by atoms with van der Waals surface area (Å²) >= 11 is 1.64. The van der Waals surface area contributed by atoms with Crippen LogP contribution < -0.4 is 10.2 Å². The summed E-state index contributed by atoms with van der Waals surface area (Å²) in [6.07, 6.45) is 3.18. The van der Waals surface area contributed by atoms with Gasteiger partial charge >= 0.3 is 0 Å². The smallest absolute Gasteiger partial charge is 0.195 e. The summed E-state index contributed by atoms with van der Waals surface area (Å²) in [5, 5.41) is 14.7. The molecule has 19 heavy (non-hydrogen) atoms. The van der Waals surface area contributed by atoms with Gasteiger partial charge in [0.2, 0.25) is 0 Å². The minimum atomic E-state index is 0.154. The van der Waals surface area contributed by atoms with Gasteiger partial charge in [0.05, 0.1) is 12.3 Å². The Bertz CT molecular complexity index is 508. The zero-order chi connectivity index (χ0) is 13.7. The normalized spacial score (nSPS) is 11.3. The summed E-state index contributed by atoms with van der Waals surface area (Å²) in [6, 6.07) is 0. The number of anilines is 1. The highest BCUT2D eigenvalue weighted by atomic mass is 32.1. The number of likely N-dealkylation sites (N-methyl/N-ethyl adjacent to an activating group) is 1. The first-order valence-electron chi connectivity index (χ1n) is 6.82. The molecule has 0 aliphatic rings. The van der Waals surface area contributed by atoms with Crippen molar-refractivity contribution in [1.29, 1.82) is 0 Å². The molecule has 106 valence electrons. The zero-order valence-electron chi connectivity index (χ0n) is 11.6. The van der Waals surface area contributed by atoms with Crippen molar-refractivity contribution < 1.29 is 5.11 Å². The van der Waals surface area contributed by atoms with Crippen LogP contribution in [0, 0.1) is 0 Å². The Morgan fingerprint density at radius 1 is 1.47 bits per heavy atom. The van der Waals surface area contributed by atoms with Gasteiger partial charge in [-0.3, -0.25) is 4.40 Å². The van der Waals surface area contributed by atoms with Gasteiger partial charge in [-0.1, -0.05) is 6.92 Å². The molecule has 2 heterocycles. The number of hydrogen-bond donors (Lipinski definition) is 2. The number of nitrogens with one attached hydrogen (secondary N) is 1. The van der Waals surface area contributed by atoms with Crippen LogP contribution in [-0.4, -0.2) is 40.7 Å². The molecule has 0 aromatic carbocycles. The Hall–Kier alpha value is -1.11. The molecule has 2 aromatic rings. The molecular weight excluding hydrogens is 260 g/mol. The molecule has 0 atom stereocenters. The highest BCUT2D eigenvalue weighted by Crippen LogP contribution is 2.24. The standard InChI is InChI=1S/C13H22N4OS/c1-3-5-14-10-11-12(16(4-2)6-8-18)15-13-17(11)7-9-19-13/h7,9,14,18H,3-6,8,10H2,1-2H3. The van der Waals surface area contributed by atoms with E-state index in [0.29, 0.717) is 6.54 Å². The fourth-order valence-electron chi connectivity index (χ4n) is 2.16. The summed E-state index contributed by atoms with van der Waals surface area (Å²) in [5.41, 5.74) is 1.18. The number of hydrogen-bond acceptors (Lipinski definition) is 5. The highest BCUT2D eigenvalue weighted by molar-refractivity contribution is 7.15. The number of aliphatic hydroxyl groups is 1. The summed E-state index contributed by atoms with van der Waals surface area (Å²) < 4.78 is 2.14. The average Bonchev–Trinajstić information content (AvgIpc) is 2.98. The predicted molar refractivity (Wildman–Crippen MR) is 80.0 cm³/mol. The molecular formula is C13H22N4OS. The Morgan fingerprint density at radius 2 is 2.32 bits per heavy atom. The van der Waals surface area contributed by atoms with Crippen molar-refractivity contribution in [2.45, 2.75) is 26.8 Å². The van der Waals surface area contributed by atoms with Gasteiger partial charge in [0, 0.05) is 31.2 Å². The van der Waals surface area contributed by atoms with Crippen LogP contribution in [0.25, 0.3) is 4.96 Å². The van der Waals surface area contributed by atoms with Crippen LogP contribution >= 0.6 is 11.3 Å². The molecule has 5 nitrogen and oxygen atoms in total. The van der Waals surface area contributed by atoms with Crippen LogP contribution in [0.4, 0.5) is 5.82 Å². The van der Waals surface area contributed by atoms with Crippen molar-refractivity contribution in [3.8, 4) is 0 Å². The second kappa shape index (κ2) is 6.88. The minimum absolute atomic E-state index is 0.154. The third kappa shape index (κ3) is 3.08. The van der Waals surface area contributed by atoms with Crippen molar-refractivity contribution in [2.24, 2.45) is 0 Å². The SMILES string of the molecule is CCCNCc1c(N(CC)CCO)nc2sccn12. The van der Waals surface area contributed by atoms with Crippen LogP contribution in [0.1, 0.15) is 26.0 Å². The van der Waals surface area contributed by atoms with Crippen molar-refractivity contribution in [3.63, 3.8) is 0 Å². The maximum absolute atomic E-state index is 9.17. The van der Waals surface area contributed by atoms with E-state index in [1.165, 1.54) is 5.69 Å². The van der Waals surface area contributed by atoms with Gasteiger partial charge in [0.25, 0.3) is 0 Å². The van der Waals surface area contributed by atoms with E-state index in [1.807, 2.05) is 0 Å². The molecule has 0 saturated heterocycles. The van der Waals surface area contributed by atoms with Gasteiger partial charge < -0.3 is 15.3 Å². The van der Waals surface area contributed by atoms with Crippen molar-refractivity contribution in [3.05, 3.63) is 17.3 Å². The molecule has 0 aliphatic carbocycles. The summed E-state index contributed by atoms with van der Waals surface area (Å²) in [7, 11) is 0. The van der Waals surface area contributed by atoms with Crippen molar-refractivity contribution >= 4 is 22.1 Å². The van der Waals surface area contributed by atoms with Gasteiger partial charge in [-0.05, 0) is 19.9 Å². The molecule has 0 saturated carbocycles. The maximum atomic E-state index is 9.17. The molecule has 0 amide bonds. The fraction of sp³-hybridized carbons (Fsp3) is 0.615. The van der Waals surface area contributed by atoms with Gasteiger partial charge in [-0.15, -0.1) is 11.3 Å². The van der Waals surface area contributed by atoms with E-state index in [0.717, 1.165) is 36.8 Å². The van der Waals surface area contributed by atoms with Crippen molar-refractivity contribution in [1.82, 2.24) is 14.7 Å². The number of nitrogens with zero attached hydrogens (tertiary/aromatic N) is 3. The molecule has 0 aliphatic heterocycles. The largest absolute Gasteiger partial charge is 0.395 e. The number of fused-ring (bicyclic) bond motifs is 1. The monoisotopic (exact) mass is 282 g/mol. The Morgan fingerprint density at radius 3 is 3.00 bits per heavy atom. The van der Waals surface area contributed by atoms with E-state index in [2.05, 4.69) is 40.0 Å². The number of aliphatic hydroxyl groups excluding tert-OH is 1. The first kappa shape index (κ1) is 14.3. The second-order valence-electron chi connectivity index (χ2n) is 4.42. The van der Waals surface area contributed by atoms with E-state index in [4.69, 9.17) is 4.98 Å². The molecule has 2 aromatic heterocycles. The van der Waals surface area contributed by atoms with Crippen molar-refractivity contribution in [2.75, 3.05) is 31.1 Å². The summed E-state index contributed by atoms with van der Waals surface area (Å²) in [4.78, 5) is 7.84. The Balaban J connectivity index is 2.29. The first-order chi connectivity index (χ1) is 9.31. The minimum Gasteiger partial charge on any atom is -0.395 e. The molecule has 0 spiro atoms. The Labute approximate surface area is 117 Å². The van der Waals surface area contributed by atoms with Gasteiger partial charge in [-0.25, -0.2) is 4.98 Å². The van der Waals surface area contributed by atoms with E-state index < -0.39 is 0 Å². The zero-order valence-corrected chi connectivity index (χ0v) is 12.4. The summed E-state index contributed by atoms with van der Waals surface area (Å²) in [5.74, 6) is 0.993. The lowest BCUT2D eigenvalue weighted by Crippen LogP contribution is -2.28. The van der Waals surface area contributed by atoms with Crippen LogP contribution in [0.2, 0.25) is 0 Å². The van der Waals surface area contributed by atoms with Crippen LogP contribution in [0.3, 0.4) is 0 Å². The number of imidazole rings is 1. The average molecular weight is 282 g/mol. The lowest BCUT2D eigenvalue weighted by Gasteiger charge is -2.21. The summed E-state index contributed by atoms with van der Waals surface area (Å²) in [6.45, 7) is 7.70. The number of rotatable bonds is 8. The van der Waals surface area contributed by atoms with E-state index in [1.54, 1.807) is 11.3 Å². The molecule has 0 bridgehead atoms. The second-order valence-corrected chi connectivity index (χ2v) is 5.29.